The van der Waals surface area contributed by atoms with Gasteiger partial charge in [-0.15, -0.1) is 12.4 Å². The average Bonchev–Trinajstić information content (AvgIpc) is 2.61. The zero-order chi connectivity index (χ0) is 13.2. The Morgan fingerprint density at radius 2 is 1.94 bits per heavy atom. The lowest BCUT2D eigenvalue weighted by atomic mass is 10.1. The lowest BCUT2D eigenvalue weighted by Gasteiger charge is -2.28. The number of nitrogens with zero attached hydrogens (tertiary/aromatic N) is 2. The number of halogens is 1. The van der Waals surface area contributed by atoms with Gasteiger partial charge < -0.3 is 9.64 Å². The molecule has 1 aliphatic rings. The Labute approximate surface area is 114 Å². The van der Waals surface area contributed by atoms with E-state index < -0.39 is 11.6 Å². The number of urea groups is 1. The first-order valence-corrected chi connectivity index (χ1v) is 5.74. The van der Waals surface area contributed by atoms with Crippen LogP contribution in [0.3, 0.4) is 0 Å². The summed E-state index contributed by atoms with van der Waals surface area (Å²) < 4.78 is 5.29. The van der Waals surface area contributed by atoms with Crippen LogP contribution in [0.4, 0.5) is 4.79 Å². The van der Waals surface area contributed by atoms with Gasteiger partial charge in [-0.25, -0.2) is 15.4 Å². The summed E-state index contributed by atoms with van der Waals surface area (Å²) in [6, 6.07) is -0.855. The summed E-state index contributed by atoms with van der Waals surface area (Å²) >= 11 is 0. The van der Waals surface area contributed by atoms with Crippen molar-refractivity contribution in [1.29, 1.82) is 0 Å². The summed E-state index contributed by atoms with van der Waals surface area (Å²) in [5.41, 5.74) is -0.539. The monoisotopic (exact) mass is 279 g/mol. The van der Waals surface area contributed by atoms with Gasteiger partial charge in [0.05, 0.1) is 0 Å². The molecule has 7 heteroatoms. The summed E-state index contributed by atoms with van der Waals surface area (Å²) in [4.78, 5) is 25.1. The quantitative estimate of drug-likeness (QED) is 0.338. The van der Waals surface area contributed by atoms with E-state index in [1.54, 1.807) is 20.8 Å². The first-order valence-electron chi connectivity index (χ1n) is 5.74. The zero-order valence-electron chi connectivity index (χ0n) is 11.3. The van der Waals surface area contributed by atoms with Crippen molar-refractivity contribution in [3.05, 3.63) is 0 Å². The maximum Gasteiger partial charge on any atom is 0.334 e. The molecule has 0 aromatic rings. The van der Waals surface area contributed by atoms with Crippen molar-refractivity contribution in [2.24, 2.45) is 5.84 Å². The standard InChI is InChI=1S/C11H21N3O3.ClH/c1-11(2,3)17-9(15)8-6-5-7-14(8)10(16)13(4)12;/h8H,5-7,12H2,1-4H3;1H/t8-;/m0./s1. The minimum Gasteiger partial charge on any atom is -0.458 e. The zero-order valence-corrected chi connectivity index (χ0v) is 12.1. The third kappa shape index (κ3) is 4.34. The van der Waals surface area contributed by atoms with E-state index in [2.05, 4.69) is 0 Å². The van der Waals surface area contributed by atoms with Crippen molar-refractivity contribution >= 4 is 24.4 Å². The van der Waals surface area contributed by atoms with Gasteiger partial charge in [0.2, 0.25) is 0 Å². The molecule has 0 saturated carbocycles. The van der Waals surface area contributed by atoms with Crippen LogP contribution in [0.1, 0.15) is 33.6 Å². The molecule has 1 heterocycles. The first kappa shape index (κ1) is 17.0. The van der Waals surface area contributed by atoms with Gasteiger partial charge in [0.25, 0.3) is 0 Å². The minimum absolute atomic E-state index is 0. The number of nitrogens with two attached hydrogens (primary N) is 1. The van der Waals surface area contributed by atoms with Crippen LogP contribution in [0.25, 0.3) is 0 Å². The number of carbonyl (C=O) groups excluding carboxylic acids is 2. The van der Waals surface area contributed by atoms with Crippen LogP contribution < -0.4 is 5.84 Å². The van der Waals surface area contributed by atoms with Gasteiger partial charge >= 0.3 is 12.0 Å². The molecule has 106 valence electrons. The fraction of sp³-hybridized carbons (Fsp3) is 0.818. The van der Waals surface area contributed by atoms with Crippen LogP contribution in [-0.2, 0) is 9.53 Å². The topological polar surface area (TPSA) is 75.9 Å². The third-order valence-corrected chi connectivity index (χ3v) is 2.48. The molecule has 0 bridgehead atoms. The number of ether oxygens (including phenoxy) is 1. The molecule has 1 atom stereocenters. The Morgan fingerprint density at radius 3 is 2.39 bits per heavy atom. The minimum atomic E-state index is -0.539. The second kappa shape index (κ2) is 6.24. The molecular formula is C11H22ClN3O3. The average molecular weight is 280 g/mol. The van der Waals surface area contributed by atoms with Crippen LogP contribution in [0.5, 0.6) is 0 Å². The number of rotatable bonds is 1. The summed E-state index contributed by atoms with van der Waals surface area (Å²) in [6.07, 6.45) is 1.43. The molecule has 1 fully saturated rings. The molecule has 1 aliphatic heterocycles. The van der Waals surface area contributed by atoms with Gasteiger partial charge in [-0.05, 0) is 33.6 Å². The van der Waals surface area contributed by atoms with Gasteiger partial charge in [-0.1, -0.05) is 0 Å². The van der Waals surface area contributed by atoms with E-state index in [0.717, 1.165) is 11.4 Å². The SMILES string of the molecule is CN(N)C(=O)N1CCC[C@H]1C(=O)OC(C)(C)C.Cl. The molecule has 1 rings (SSSR count). The molecule has 2 N–H and O–H groups in total. The van der Waals surface area contributed by atoms with E-state index >= 15 is 0 Å². The van der Waals surface area contributed by atoms with Gasteiger partial charge in [0, 0.05) is 13.6 Å². The van der Waals surface area contributed by atoms with E-state index in [0.29, 0.717) is 13.0 Å². The number of hydrogen-bond donors (Lipinski definition) is 1. The maximum atomic E-state index is 11.9. The van der Waals surface area contributed by atoms with E-state index in [-0.39, 0.29) is 24.4 Å². The Kier molecular flexibility index (Phi) is 5.89. The van der Waals surface area contributed by atoms with E-state index in [1.165, 1.54) is 11.9 Å². The van der Waals surface area contributed by atoms with E-state index in [1.807, 2.05) is 0 Å². The fourth-order valence-corrected chi connectivity index (χ4v) is 1.81. The van der Waals surface area contributed by atoms with Crippen molar-refractivity contribution in [3.8, 4) is 0 Å². The number of likely N-dealkylation sites (tertiary alicyclic amines) is 1. The highest BCUT2D eigenvalue weighted by Gasteiger charge is 2.37. The Balaban J connectivity index is 0.00000289. The molecule has 2 amide bonds. The van der Waals surface area contributed by atoms with Crippen molar-refractivity contribution < 1.29 is 14.3 Å². The van der Waals surface area contributed by atoms with Crippen LogP contribution >= 0.6 is 12.4 Å². The van der Waals surface area contributed by atoms with Crippen LogP contribution in [0.2, 0.25) is 0 Å². The lowest BCUT2D eigenvalue weighted by Crippen LogP contribution is -2.50. The number of esters is 1. The largest absolute Gasteiger partial charge is 0.458 e. The molecule has 6 nitrogen and oxygen atoms in total. The van der Waals surface area contributed by atoms with Gasteiger partial charge in [-0.2, -0.15) is 0 Å². The lowest BCUT2D eigenvalue weighted by molar-refractivity contribution is -0.159. The molecule has 18 heavy (non-hydrogen) atoms. The molecule has 0 radical (unpaired) electrons. The van der Waals surface area contributed by atoms with Gasteiger partial charge in [0.15, 0.2) is 0 Å². The molecule has 1 saturated heterocycles. The smallest absolute Gasteiger partial charge is 0.334 e. The second-order valence-electron chi connectivity index (χ2n) is 5.28. The fourth-order valence-electron chi connectivity index (χ4n) is 1.81. The molecule has 0 aliphatic carbocycles. The van der Waals surface area contributed by atoms with Crippen molar-refractivity contribution in [2.75, 3.05) is 13.6 Å². The summed E-state index contributed by atoms with van der Waals surface area (Å²) in [6.45, 7) is 5.97. The Hall–Kier alpha value is -1.01. The van der Waals surface area contributed by atoms with E-state index in [4.69, 9.17) is 10.6 Å². The Bertz CT molecular complexity index is 315. The number of carbonyl (C=O) groups is 2. The van der Waals surface area contributed by atoms with Gasteiger partial charge in [0.1, 0.15) is 11.6 Å². The summed E-state index contributed by atoms with van der Waals surface area (Å²) in [5.74, 6) is 5.04. The molecule has 0 unspecified atom stereocenters. The molecular weight excluding hydrogens is 258 g/mol. The van der Waals surface area contributed by atoms with Crippen molar-refractivity contribution in [2.45, 2.75) is 45.3 Å². The highest BCUT2D eigenvalue weighted by atomic mass is 35.5. The van der Waals surface area contributed by atoms with E-state index in [9.17, 15) is 9.59 Å². The Morgan fingerprint density at radius 1 is 1.39 bits per heavy atom. The van der Waals surface area contributed by atoms with Crippen LogP contribution in [-0.4, -0.2) is 47.1 Å². The van der Waals surface area contributed by atoms with Crippen molar-refractivity contribution in [3.63, 3.8) is 0 Å². The predicted octanol–water partition coefficient (Wildman–Crippen LogP) is 1.14. The van der Waals surface area contributed by atoms with Gasteiger partial charge in [-0.3, -0.25) is 5.01 Å². The molecule has 0 aromatic carbocycles. The second-order valence-corrected chi connectivity index (χ2v) is 5.28. The highest BCUT2D eigenvalue weighted by Crippen LogP contribution is 2.21. The first-order chi connectivity index (χ1) is 7.72. The number of amides is 2. The summed E-state index contributed by atoms with van der Waals surface area (Å²) in [7, 11) is 1.47. The van der Waals surface area contributed by atoms with Crippen LogP contribution in [0, 0.1) is 0 Å². The highest BCUT2D eigenvalue weighted by molar-refractivity contribution is 5.85. The van der Waals surface area contributed by atoms with Crippen LogP contribution in [0.15, 0.2) is 0 Å². The molecule has 0 aromatic heterocycles. The number of hydrogen-bond acceptors (Lipinski definition) is 4. The molecule has 0 spiro atoms. The van der Waals surface area contributed by atoms with Crippen molar-refractivity contribution in [1.82, 2.24) is 9.91 Å². The number of hydrazine groups is 1. The summed E-state index contributed by atoms with van der Waals surface area (Å²) in [5, 5.41) is 0.989. The third-order valence-electron chi connectivity index (χ3n) is 2.48. The maximum absolute atomic E-state index is 11.9. The normalized spacial score (nSPS) is 19.2. The predicted molar refractivity (Wildman–Crippen MR) is 70.2 cm³/mol.